The van der Waals surface area contributed by atoms with Crippen LogP contribution in [0.3, 0.4) is 0 Å². The van der Waals surface area contributed by atoms with E-state index in [0.29, 0.717) is 23.5 Å². The number of carbonyl (C=O) groups is 1. The highest BCUT2D eigenvalue weighted by Gasteiger charge is 2.53. The SMILES string of the molecule is CC[C@H]1[C@@H](NC(=O)c2cnc(OC)nc2)[C@H]2CCO[C@H]21. The first-order chi connectivity index (χ1) is 9.74. The van der Waals surface area contributed by atoms with Crippen molar-refractivity contribution in [3.63, 3.8) is 0 Å². The van der Waals surface area contributed by atoms with E-state index >= 15 is 0 Å². The lowest BCUT2D eigenvalue weighted by atomic mass is 9.65. The maximum Gasteiger partial charge on any atom is 0.316 e. The number of carbonyl (C=O) groups excluding carboxylic acids is 1. The Kier molecular flexibility index (Phi) is 3.56. The Morgan fingerprint density at radius 3 is 2.90 bits per heavy atom. The van der Waals surface area contributed by atoms with Gasteiger partial charge < -0.3 is 14.8 Å². The molecule has 4 atom stereocenters. The molecule has 1 N–H and O–H groups in total. The predicted molar refractivity (Wildman–Crippen MR) is 71.5 cm³/mol. The van der Waals surface area contributed by atoms with Crippen LogP contribution < -0.4 is 10.1 Å². The molecule has 6 nitrogen and oxygen atoms in total. The number of nitrogens with zero attached hydrogens (tertiary/aromatic N) is 2. The zero-order chi connectivity index (χ0) is 14.1. The smallest absolute Gasteiger partial charge is 0.316 e. The van der Waals surface area contributed by atoms with Gasteiger partial charge >= 0.3 is 6.01 Å². The third kappa shape index (κ3) is 2.14. The van der Waals surface area contributed by atoms with Crippen molar-refractivity contribution >= 4 is 5.91 Å². The van der Waals surface area contributed by atoms with Crippen LogP contribution in [0.2, 0.25) is 0 Å². The van der Waals surface area contributed by atoms with Crippen LogP contribution in [-0.2, 0) is 4.74 Å². The van der Waals surface area contributed by atoms with Crippen LogP contribution in [0.1, 0.15) is 30.1 Å². The van der Waals surface area contributed by atoms with Gasteiger partial charge in [0.25, 0.3) is 5.91 Å². The van der Waals surface area contributed by atoms with E-state index in [4.69, 9.17) is 9.47 Å². The van der Waals surface area contributed by atoms with Crippen molar-refractivity contribution in [2.45, 2.75) is 31.9 Å². The van der Waals surface area contributed by atoms with Crippen molar-refractivity contribution in [3.8, 4) is 6.01 Å². The Morgan fingerprint density at radius 2 is 2.25 bits per heavy atom. The van der Waals surface area contributed by atoms with Crippen molar-refractivity contribution in [3.05, 3.63) is 18.0 Å². The number of methoxy groups -OCH3 is 1. The number of aromatic nitrogens is 2. The normalized spacial score (nSPS) is 31.3. The molecule has 1 aromatic rings. The van der Waals surface area contributed by atoms with Crippen LogP contribution in [0.15, 0.2) is 12.4 Å². The summed E-state index contributed by atoms with van der Waals surface area (Å²) in [6.45, 7) is 2.95. The van der Waals surface area contributed by atoms with E-state index in [1.54, 1.807) is 0 Å². The van der Waals surface area contributed by atoms with Gasteiger partial charge in [0.15, 0.2) is 0 Å². The molecule has 2 heterocycles. The molecule has 1 saturated carbocycles. The van der Waals surface area contributed by atoms with Gasteiger partial charge in [-0.25, -0.2) is 9.97 Å². The van der Waals surface area contributed by atoms with Crippen molar-refractivity contribution in [2.24, 2.45) is 11.8 Å². The third-order valence-corrected chi connectivity index (χ3v) is 4.37. The van der Waals surface area contributed by atoms with Gasteiger partial charge in [0.2, 0.25) is 0 Å². The van der Waals surface area contributed by atoms with E-state index in [9.17, 15) is 4.79 Å². The standard InChI is InChI=1S/C14H19N3O3/c1-3-9-11(10-4-5-20-12(9)10)17-13(18)8-6-15-14(19-2)16-7-8/h6-7,9-12H,3-5H2,1-2H3,(H,17,18)/t9-,10+,11+,12-/m0/s1. The largest absolute Gasteiger partial charge is 0.467 e. The van der Waals surface area contributed by atoms with Crippen LogP contribution in [-0.4, -0.2) is 41.7 Å². The van der Waals surface area contributed by atoms with E-state index < -0.39 is 0 Å². The monoisotopic (exact) mass is 277 g/mol. The number of fused-ring (bicyclic) bond motifs is 1. The van der Waals surface area contributed by atoms with Gasteiger partial charge in [-0.2, -0.15) is 0 Å². The minimum absolute atomic E-state index is 0.124. The second-order valence-electron chi connectivity index (χ2n) is 5.32. The molecule has 0 bridgehead atoms. The van der Waals surface area contributed by atoms with Crippen molar-refractivity contribution in [1.29, 1.82) is 0 Å². The van der Waals surface area contributed by atoms with E-state index in [1.807, 2.05) is 0 Å². The highest BCUT2D eigenvalue weighted by atomic mass is 16.5. The minimum Gasteiger partial charge on any atom is -0.467 e. The Bertz CT molecular complexity index is 491. The van der Waals surface area contributed by atoms with Crippen LogP contribution in [0, 0.1) is 11.8 Å². The molecule has 0 spiro atoms. The number of nitrogens with one attached hydrogen (secondary N) is 1. The summed E-state index contributed by atoms with van der Waals surface area (Å²) in [5.41, 5.74) is 0.461. The second kappa shape index (κ2) is 5.36. The summed E-state index contributed by atoms with van der Waals surface area (Å²) in [7, 11) is 1.50. The summed E-state index contributed by atoms with van der Waals surface area (Å²) in [6.07, 6.45) is 5.36. The van der Waals surface area contributed by atoms with Gasteiger partial charge in [-0.1, -0.05) is 6.92 Å². The molecule has 1 aliphatic heterocycles. The van der Waals surface area contributed by atoms with Crippen molar-refractivity contribution < 1.29 is 14.3 Å². The first-order valence-electron chi connectivity index (χ1n) is 7.03. The Labute approximate surface area is 117 Å². The Balaban J connectivity index is 1.66. The molecule has 1 aromatic heterocycles. The van der Waals surface area contributed by atoms with Gasteiger partial charge in [-0.3, -0.25) is 4.79 Å². The minimum atomic E-state index is -0.124. The summed E-state index contributed by atoms with van der Waals surface area (Å²) < 4.78 is 10.6. The van der Waals surface area contributed by atoms with E-state index in [0.717, 1.165) is 19.4 Å². The lowest BCUT2D eigenvalue weighted by molar-refractivity contribution is -0.0545. The average Bonchev–Trinajstić information content (AvgIpc) is 2.89. The van der Waals surface area contributed by atoms with Gasteiger partial charge in [0, 0.05) is 36.9 Å². The molecule has 0 aromatic carbocycles. The summed E-state index contributed by atoms with van der Waals surface area (Å²) in [5, 5.41) is 3.10. The molecule has 2 aliphatic rings. The van der Waals surface area contributed by atoms with E-state index in [-0.39, 0.29) is 18.0 Å². The molecule has 20 heavy (non-hydrogen) atoms. The maximum atomic E-state index is 12.2. The Morgan fingerprint density at radius 1 is 1.50 bits per heavy atom. The first-order valence-corrected chi connectivity index (χ1v) is 7.03. The molecule has 1 aliphatic carbocycles. The lowest BCUT2D eigenvalue weighted by Gasteiger charge is -2.47. The van der Waals surface area contributed by atoms with Gasteiger partial charge in [-0.15, -0.1) is 0 Å². The number of ether oxygens (including phenoxy) is 2. The molecular weight excluding hydrogens is 258 g/mol. The fraction of sp³-hybridized carbons (Fsp3) is 0.643. The fourth-order valence-electron chi connectivity index (χ4n) is 3.30. The number of hydrogen-bond donors (Lipinski definition) is 1. The highest BCUT2D eigenvalue weighted by Crippen LogP contribution is 2.45. The Hall–Kier alpha value is -1.69. The van der Waals surface area contributed by atoms with Crippen molar-refractivity contribution in [1.82, 2.24) is 15.3 Å². The summed E-state index contributed by atoms with van der Waals surface area (Å²) in [5.74, 6) is 0.759. The molecule has 3 rings (SSSR count). The fourth-order valence-corrected chi connectivity index (χ4v) is 3.30. The molecule has 1 saturated heterocycles. The highest BCUT2D eigenvalue weighted by molar-refractivity contribution is 5.93. The zero-order valence-corrected chi connectivity index (χ0v) is 11.7. The molecule has 0 radical (unpaired) electrons. The maximum absolute atomic E-state index is 12.2. The van der Waals surface area contributed by atoms with Gasteiger partial charge in [0.1, 0.15) is 0 Å². The van der Waals surface area contributed by atoms with Gasteiger partial charge in [0.05, 0.1) is 18.8 Å². The zero-order valence-electron chi connectivity index (χ0n) is 11.7. The van der Waals surface area contributed by atoms with Crippen LogP contribution in [0.25, 0.3) is 0 Å². The predicted octanol–water partition coefficient (Wildman–Crippen LogP) is 1.03. The van der Waals surface area contributed by atoms with Crippen molar-refractivity contribution in [2.75, 3.05) is 13.7 Å². The summed E-state index contributed by atoms with van der Waals surface area (Å²) in [4.78, 5) is 20.1. The van der Waals surface area contributed by atoms with Crippen LogP contribution in [0.5, 0.6) is 6.01 Å². The second-order valence-corrected chi connectivity index (χ2v) is 5.32. The van der Waals surface area contributed by atoms with E-state index in [1.165, 1.54) is 19.5 Å². The number of rotatable bonds is 4. The number of hydrogen-bond acceptors (Lipinski definition) is 5. The molecular formula is C14H19N3O3. The van der Waals surface area contributed by atoms with Gasteiger partial charge in [-0.05, 0) is 12.8 Å². The quantitative estimate of drug-likeness (QED) is 0.889. The summed E-state index contributed by atoms with van der Waals surface area (Å²) >= 11 is 0. The summed E-state index contributed by atoms with van der Waals surface area (Å²) in [6, 6.07) is 0.475. The molecule has 0 unspecified atom stereocenters. The molecule has 6 heteroatoms. The molecule has 108 valence electrons. The topological polar surface area (TPSA) is 73.3 Å². The van der Waals surface area contributed by atoms with Crippen LogP contribution >= 0.6 is 0 Å². The third-order valence-electron chi connectivity index (χ3n) is 4.37. The first kappa shape index (κ1) is 13.3. The van der Waals surface area contributed by atoms with Crippen LogP contribution in [0.4, 0.5) is 0 Å². The lowest BCUT2D eigenvalue weighted by Crippen LogP contribution is -2.61. The number of amides is 1. The average molecular weight is 277 g/mol. The molecule has 2 fully saturated rings. The molecule has 1 amide bonds. The van der Waals surface area contributed by atoms with E-state index in [2.05, 4.69) is 22.2 Å².